The number of hydrogen-bond acceptors (Lipinski definition) is 1. The van der Waals surface area contributed by atoms with Crippen LogP contribution in [0.4, 0.5) is 14.5 Å². The van der Waals surface area contributed by atoms with Crippen molar-refractivity contribution in [3.8, 4) is 0 Å². The van der Waals surface area contributed by atoms with Crippen molar-refractivity contribution in [3.05, 3.63) is 29.8 Å². The summed E-state index contributed by atoms with van der Waals surface area (Å²) < 4.78 is 26.2. The number of benzene rings is 1. The smallest absolute Gasteiger partial charge is 0.146 e. The van der Waals surface area contributed by atoms with Gasteiger partial charge in [-0.15, -0.1) is 0 Å². The van der Waals surface area contributed by atoms with Crippen LogP contribution >= 0.6 is 0 Å². The Balaban J connectivity index is 2.07. The first-order valence-electron chi connectivity index (χ1n) is 5.37. The van der Waals surface area contributed by atoms with Crippen molar-refractivity contribution in [2.75, 3.05) is 5.32 Å². The van der Waals surface area contributed by atoms with Gasteiger partial charge in [-0.05, 0) is 43.4 Å². The van der Waals surface area contributed by atoms with Gasteiger partial charge in [0.25, 0.3) is 0 Å². The van der Waals surface area contributed by atoms with Crippen LogP contribution in [0.1, 0.15) is 26.2 Å². The monoisotopic (exact) mass is 211 g/mol. The van der Waals surface area contributed by atoms with Gasteiger partial charge in [0.05, 0.1) is 5.69 Å². The molecule has 0 aliphatic heterocycles. The minimum atomic E-state index is -0.398. The van der Waals surface area contributed by atoms with Crippen LogP contribution in [0.15, 0.2) is 18.2 Å². The normalized spacial score (nSPS) is 25.5. The van der Waals surface area contributed by atoms with E-state index in [1.165, 1.54) is 6.07 Å². The maximum absolute atomic E-state index is 13.3. The summed E-state index contributed by atoms with van der Waals surface area (Å²) in [6.45, 7) is 2.18. The lowest BCUT2D eigenvalue weighted by atomic mass is 10.1. The van der Waals surface area contributed by atoms with Gasteiger partial charge >= 0.3 is 0 Å². The third kappa shape index (κ3) is 2.46. The molecule has 0 heterocycles. The Bertz CT molecular complexity index is 351. The van der Waals surface area contributed by atoms with Crippen LogP contribution in [0.5, 0.6) is 0 Å². The van der Waals surface area contributed by atoms with E-state index in [0.29, 0.717) is 5.92 Å². The average molecular weight is 211 g/mol. The van der Waals surface area contributed by atoms with E-state index in [1.54, 1.807) is 0 Å². The molecule has 0 bridgehead atoms. The zero-order chi connectivity index (χ0) is 10.8. The molecule has 1 fully saturated rings. The fourth-order valence-corrected chi connectivity index (χ4v) is 2.17. The fraction of sp³-hybridized carbons (Fsp3) is 0.500. The summed E-state index contributed by atoms with van der Waals surface area (Å²) in [7, 11) is 0. The van der Waals surface area contributed by atoms with Gasteiger partial charge in [-0.25, -0.2) is 8.78 Å². The van der Waals surface area contributed by atoms with Crippen molar-refractivity contribution in [1.29, 1.82) is 0 Å². The summed E-state index contributed by atoms with van der Waals surface area (Å²) in [6, 6.07) is 3.81. The molecule has 2 rings (SSSR count). The standard InChI is InChI=1S/C12H15F2N/c1-8-2-4-10(6-8)15-12-7-9(13)3-5-11(12)14/h3,5,7-8,10,15H,2,4,6H2,1H3/t8-,10-/m1/s1. The first-order valence-corrected chi connectivity index (χ1v) is 5.37. The molecule has 3 heteroatoms. The van der Waals surface area contributed by atoms with E-state index in [2.05, 4.69) is 12.2 Å². The second kappa shape index (κ2) is 4.17. The van der Waals surface area contributed by atoms with Crippen molar-refractivity contribution < 1.29 is 8.78 Å². The topological polar surface area (TPSA) is 12.0 Å². The van der Waals surface area contributed by atoms with E-state index in [9.17, 15) is 8.78 Å². The van der Waals surface area contributed by atoms with Crippen LogP contribution in [0.2, 0.25) is 0 Å². The Morgan fingerprint density at radius 3 is 2.73 bits per heavy atom. The first kappa shape index (κ1) is 10.4. The van der Waals surface area contributed by atoms with Gasteiger partial charge in [0.15, 0.2) is 0 Å². The van der Waals surface area contributed by atoms with Crippen molar-refractivity contribution >= 4 is 5.69 Å². The molecule has 0 spiro atoms. The molecule has 1 N–H and O–H groups in total. The Morgan fingerprint density at radius 2 is 2.07 bits per heavy atom. The van der Waals surface area contributed by atoms with E-state index in [-0.39, 0.29) is 17.5 Å². The molecule has 82 valence electrons. The SMILES string of the molecule is C[C@@H]1CC[C@@H](Nc2cc(F)ccc2F)C1. The molecule has 1 aromatic carbocycles. The van der Waals surface area contributed by atoms with E-state index in [0.717, 1.165) is 31.4 Å². The summed E-state index contributed by atoms with van der Waals surface area (Å²) >= 11 is 0. The maximum atomic E-state index is 13.3. The van der Waals surface area contributed by atoms with Crippen molar-refractivity contribution in [3.63, 3.8) is 0 Å². The number of hydrogen-bond donors (Lipinski definition) is 1. The molecule has 0 unspecified atom stereocenters. The van der Waals surface area contributed by atoms with Crippen LogP contribution in [0.3, 0.4) is 0 Å². The predicted octanol–water partition coefficient (Wildman–Crippen LogP) is 3.57. The molecule has 0 saturated heterocycles. The average Bonchev–Trinajstić information content (AvgIpc) is 2.58. The molecule has 1 aliphatic rings. The highest BCUT2D eigenvalue weighted by Gasteiger charge is 2.21. The van der Waals surface area contributed by atoms with E-state index in [1.807, 2.05) is 0 Å². The zero-order valence-corrected chi connectivity index (χ0v) is 8.76. The highest BCUT2D eigenvalue weighted by atomic mass is 19.1. The molecular weight excluding hydrogens is 196 g/mol. The van der Waals surface area contributed by atoms with Gasteiger partial charge in [-0.1, -0.05) is 6.92 Å². The van der Waals surface area contributed by atoms with Gasteiger partial charge in [-0.3, -0.25) is 0 Å². The summed E-state index contributed by atoms with van der Waals surface area (Å²) in [6.07, 6.45) is 3.24. The molecule has 1 nitrogen and oxygen atoms in total. The third-order valence-corrected chi connectivity index (χ3v) is 2.98. The van der Waals surface area contributed by atoms with Gasteiger partial charge in [0.2, 0.25) is 0 Å². The first-order chi connectivity index (χ1) is 7.15. The fourth-order valence-electron chi connectivity index (χ4n) is 2.17. The van der Waals surface area contributed by atoms with Crippen LogP contribution in [-0.4, -0.2) is 6.04 Å². The number of rotatable bonds is 2. The third-order valence-electron chi connectivity index (χ3n) is 2.98. The lowest BCUT2D eigenvalue weighted by molar-refractivity contribution is 0.590. The van der Waals surface area contributed by atoms with Gasteiger partial charge in [-0.2, -0.15) is 0 Å². The molecule has 1 aromatic rings. The Hall–Kier alpha value is -1.12. The van der Waals surface area contributed by atoms with Crippen molar-refractivity contribution in [2.24, 2.45) is 5.92 Å². The van der Waals surface area contributed by atoms with Crippen molar-refractivity contribution in [1.82, 2.24) is 0 Å². The van der Waals surface area contributed by atoms with Crippen LogP contribution in [0.25, 0.3) is 0 Å². The maximum Gasteiger partial charge on any atom is 0.146 e. The van der Waals surface area contributed by atoms with Crippen LogP contribution in [0, 0.1) is 17.6 Å². The number of anilines is 1. The highest BCUT2D eigenvalue weighted by Crippen LogP contribution is 2.28. The molecule has 0 aromatic heterocycles. The summed E-state index contributed by atoms with van der Waals surface area (Å²) in [5.74, 6) is -0.0972. The quantitative estimate of drug-likeness (QED) is 0.788. The largest absolute Gasteiger partial charge is 0.380 e. The lowest BCUT2D eigenvalue weighted by Crippen LogP contribution is -2.16. The molecule has 0 radical (unpaired) electrons. The minimum Gasteiger partial charge on any atom is -0.380 e. The Labute approximate surface area is 88.5 Å². The zero-order valence-electron chi connectivity index (χ0n) is 8.76. The highest BCUT2D eigenvalue weighted by molar-refractivity contribution is 5.45. The molecule has 0 amide bonds. The number of nitrogens with one attached hydrogen (secondary N) is 1. The molecule has 1 saturated carbocycles. The molecule has 2 atom stereocenters. The molecule has 15 heavy (non-hydrogen) atoms. The van der Waals surface area contributed by atoms with E-state index < -0.39 is 5.82 Å². The Kier molecular flexibility index (Phi) is 2.89. The second-order valence-electron chi connectivity index (χ2n) is 4.38. The van der Waals surface area contributed by atoms with Gasteiger partial charge in [0, 0.05) is 6.04 Å². The van der Waals surface area contributed by atoms with Gasteiger partial charge < -0.3 is 5.32 Å². The number of halogens is 2. The Morgan fingerprint density at radius 1 is 1.27 bits per heavy atom. The second-order valence-corrected chi connectivity index (χ2v) is 4.38. The predicted molar refractivity (Wildman–Crippen MR) is 56.8 cm³/mol. The summed E-state index contributed by atoms with van der Waals surface area (Å²) in [5.41, 5.74) is 0.286. The van der Waals surface area contributed by atoms with E-state index >= 15 is 0 Å². The van der Waals surface area contributed by atoms with Crippen LogP contribution in [-0.2, 0) is 0 Å². The van der Waals surface area contributed by atoms with Crippen LogP contribution < -0.4 is 5.32 Å². The van der Waals surface area contributed by atoms with E-state index in [4.69, 9.17) is 0 Å². The van der Waals surface area contributed by atoms with Gasteiger partial charge in [0.1, 0.15) is 11.6 Å². The van der Waals surface area contributed by atoms with Crippen molar-refractivity contribution in [2.45, 2.75) is 32.2 Å². The lowest BCUT2D eigenvalue weighted by Gasteiger charge is -2.14. The summed E-state index contributed by atoms with van der Waals surface area (Å²) in [4.78, 5) is 0. The molecular formula is C12H15F2N. The molecule has 1 aliphatic carbocycles. The minimum absolute atomic E-state index is 0.286. The summed E-state index contributed by atoms with van der Waals surface area (Å²) in [5, 5.41) is 3.07.